The molecular formula is C24H26FN3O2. The summed E-state index contributed by atoms with van der Waals surface area (Å²) in [5, 5.41) is 15.1. The number of aliphatic hydroxyl groups is 1. The average molecular weight is 407 g/mol. The van der Waals surface area contributed by atoms with Crippen molar-refractivity contribution in [2.24, 2.45) is 5.92 Å². The van der Waals surface area contributed by atoms with Crippen LogP contribution < -0.4 is 0 Å². The fraction of sp³-hybridized carbons (Fsp3) is 0.333. The molecule has 5 nitrogen and oxygen atoms in total. The third kappa shape index (κ3) is 4.00. The zero-order valence-corrected chi connectivity index (χ0v) is 17.0. The molecule has 0 spiro atoms. The minimum atomic E-state index is -0.504. The van der Waals surface area contributed by atoms with E-state index in [-0.39, 0.29) is 17.6 Å². The van der Waals surface area contributed by atoms with Gasteiger partial charge in [-0.2, -0.15) is 5.10 Å². The van der Waals surface area contributed by atoms with Gasteiger partial charge in [0, 0.05) is 13.1 Å². The maximum Gasteiger partial charge on any atom is 0.257 e. The van der Waals surface area contributed by atoms with Crippen LogP contribution in [0.3, 0.4) is 0 Å². The second kappa shape index (κ2) is 8.79. The van der Waals surface area contributed by atoms with E-state index in [0.29, 0.717) is 25.1 Å². The van der Waals surface area contributed by atoms with Crippen LogP contribution in [0.1, 0.15) is 47.5 Å². The van der Waals surface area contributed by atoms with Crippen LogP contribution in [0.15, 0.2) is 60.8 Å². The van der Waals surface area contributed by atoms with Crippen LogP contribution in [0.25, 0.3) is 5.69 Å². The zero-order chi connectivity index (χ0) is 21.1. The number of benzene rings is 2. The minimum absolute atomic E-state index is 0.0344. The maximum absolute atomic E-state index is 13.2. The van der Waals surface area contributed by atoms with Crippen molar-refractivity contribution >= 4 is 5.91 Å². The zero-order valence-electron chi connectivity index (χ0n) is 17.0. The Balaban J connectivity index is 1.46. The summed E-state index contributed by atoms with van der Waals surface area (Å²) >= 11 is 0. The van der Waals surface area contributed by atoms with Crippen molar-refractivity contribution in [2.45, 2.75) is 32.3 Å². The number of rotatable bonds is 5. The molecule has 0 saturated carbocycles. The highest BCUT2D eigenvalue weighted by atomic mass is 19.1. The summed E-state index contributed by atoms with van der Waals surface area (Å²) in [7, 11) is 0. The van der Waals surface area contributed by atoms with Crippen LogP contribution in [-0.2, 0) is 6.42 Å². The highest BCUT2D eigenvalue weighted by Gasteiger charge is 2.30. The van der Waals surface area contributed by atoms with Gasteiger partial charge >= 0.3 is 0 Å². The molecule has 1 N–H and O–H groups in total. The summed E-state index contributed by atoms with van der Waals surface area (Å²) in [5.41, 5.74) is 3.06. The number of aliphatic hydroxyl groups excluding tert-OH is 1. The lowest BCUT2D eigenvalue weighted by atomic mass is 9.87. The number of nitrogens with zero attached hydrogens (tertiary/aromatic N) is 3. The van der Waals surface area contributed by atoms with Gasteiger partial charge < -0.3 is 10.0 Å². The number of hydrogen-bond acceptors (Lipinski definition) is 3. The molecule has 1 unspecified atom stereocenters. The number of amides is 1. The molecule has 2 aromatic carbocycles. The standard InChI is InChI=1S/C24H26FN3O2/c1-2-22-21(16-26-28(22)20-10-8-19(25)9-11-20)24(30)27-14-12-18(13-15-27)23(29)17-6-4-3-5-7-17/h3-11,16,18,23,29H,2,12-15H2,1H3. The van der Waals surface area contributed by atoms with E-state index in [4.69, 9.17) is 0 Å². The van der Waals surface area contributed by atoms with E-state index >= 15 is 0 Å². The van der Waals surface area contributed by atoms with E-state index < -0.39 is 6.10 Å². The van der Waals surface area contributed by atoms with Crippen molar-refractivity contribution in [2.75, 3.05) is 13.1 Å². The van der Waals surface area contributed by atoms with E-state index in [2.05, 4.69) is 5.10 Å². The normalized spacial score (nSPS) is 15.9. The number of halogens is 1. The molecule has 1 aliphatic rings. The number of piperidine rings is 1. The van der Waals surface area contributed by atoms with E-state index in [1.54, 1.807) is 23.0 Å². The number of carbonyl (C=O) groups excluding carboxylic acids is 1. The van der Waals surface area contributed by atoms with E-state index in [1.807, 2.05) is 42.2 Å². The van der Waals surface area contributed by atoms with Crippen LogP contribution >= 0.6 is 0 Å². The molecule has 4 rings (SSSR count). The van der Waals surface area contributed by atoms with Gasteiger partial charge in [-0.15, -0.1) is 0 Å². The summed E-state index contributed by atoms with van der Waals surface area (Å²) < 4.78 is 15.0. The molecule has 0 radical (unpaired) electrons. The summed E-state index contributed by atoms with van der Waals surface area (Å²) in [6.45, 7) is 3.20. The molecule has 30 heavy (non-hydrogen) atoms. The van der Waals surface area contributed by atoms with Crippen LogP contribution in [0, 0.1) is 11.7 Å². The molecule has 0 bridgehead atoms. The van der Waals surface area contributed by atoms with E-state index in [1.165, 1.54) is 12.1 Å². The topological polar surface area (TPSA) is 58.4 Å². The van der Waals surface area contributed by atoms with Crippen molar-refractivity contribution in [1.29, 1.82) is 0 Å². The van der Waals surface area contributed by atoms with Gasteiger partial charge in [0.2, 0.25) is 0 Å². The predicted molar refractivity (Wildman–Crippen MR) is 113 cm³/mol. The fourth-order valence-corrected chi connectivity index (χ4v) is 4.21. The van der Waals surface area contributed by atoms with Gasteiger partial charge in [0.1, 0.15) is 5.82 Å². The molecule has 1 amide bonds. The lowest BCUT2D eigenvalue weighted by Crippen LogP contribution is -2.40. The molecule has 1 aromatic heterocycles. The van der Waals surface area contributed by atoms with Crippen molar-refractivity contribution in [3.8, 4) is 5.69 Å². The average Bonchev–Trinajstić information content (AvgIpc) is 3.23. The Morgan fingerprint density at radius 1 is 1.13 bits per heavy atom. The Morgan fingerprint density at radius 2 is 1.80 bits per heavy atom. The van der Waals surface area contributed by atoms with Gasteiger partial charge in [-0.25, -0.2) is 9.07 Å². The summed E-state index contributed by atoms with van der Waals surface area (Å²) in [6.07, 6.45) is 3.26. The van der Waals surface area contributed by atoms with E-state index in [9.17, 15) is 14.3 Å². The Morgan fingerprint density at radius 3 is 2.43 bits per heavy atom. The quantitative estimate of drug-likeness (QED) is 0.691. The van der Waals surface area contributed by atoms with Crippen molar-refractivity contribution < 1.29 is 14.3 Å². The number of aromatic nitrogens is 2. The molecule has 6 heteroatoms. The smallest absolute Gasteiger partial charge is 0.257 e. The SMILES string of the molecule is CCc1c(C(=O)N2CCC(C(O)c3ccccc3)CC2)cnn1-c1ccc(F)cc1. The maximum atomic E-state index is 13.2. The molecule has 156 valence electrons. The monoisotopic (exact) mass is 407 g/mol. The molecular weight excluding hydrogens is 381 g/mol. The van der Waals surface area contributed by atoms with Crippen molar-refractivity contribution in [1.82, 2.24) is 14.7 Å². The Hall–Kier alpha value is -2.99. The summed E-state index contributed by atoms with van der Waals surface area (Å²) in [5.74, 6) is -0.197. The van der Waals surface area contributed by atoms with Crippen LogP contribution in [0.4, 0.5) is 4.39 Å². The fourth-order valence-electron chi connectivity index (χ4n) is 4.21. The number of likely N-dealkylation sites (tertiary alicyclic amines) is 1. The van der Waals surface area contributed by atoms with Crippen LogP contribution in [-0.4, -0.2) is 38.8 Å². The van der Waals surface area contributed by atoms with Gasteiger partial charge in [-0.3, -0.25) is 4.79 Å². The Bertz CT molecular complexity index is 993. The highest BCUT2D eigenvalue weighted by Crippen LogP contribution is 2.31. The number of hydrogen-bond donors (Lipinski definition) is 1. The molecule has 1 fully saturated rings. The van der Waals surface area contributed by atoms with Gasteiger partial charge in [0.25, 0.3) is 5.91 Å². The van der Waals surface area contributed by atoms with Gasteiger partial charge in [0.05, 0.1) is 29.2 Å². The highest BCUT2D eigenvalue weighted by molar-refractivity contribution is 5.95. The van der Waals surface area contributed by atoms with Gasteiger partial charge in [-0.05, 0) is 55.0 Å². The Kier molecular flexibility index (Phi) is 5.95. The largest absolute Gasteiger partial charge is 0.388 e. The first-order valence-corrected chi connectivity index (χ1v) is 10.4. The second-order valence-corrected chi connectivity index (χ2v) is 7.73. The molecule has 2 heterocycles. The lowest BCUT2D eigenvalue weighted by molar-refractivity contribution is 0.0461. The second-order valence-electron chi connectivity index (χ2n) is 7.73. The minimum Gasteiger partial charge on any atom is -0.388 e. The van der Waals surface area contributed by atoms with E-state index in [0.717, 1.165) is 29.8 Å². The predicted octanol–water partition coefficient (Wildman–Crippen LogP) is 4.16. The van der Waals surface area contributed by atoms with Crippen molar-refractivity contribution in [3.63, 3.8) is 0 Å². The molecule has 0 aliphatic carbocycles. The molecule has 1 saturated heterocycles. The third-order valence-electron chi connectivity index (χ3n) is 5.92. The summed E-state index contributed by atoms with van der Waals surface area (Å²) in [4.78, 5) is 15.0. The lowest BCUT2D eigenvalue weighted by Gasteiger charge is -2.34. The first-order chi connectivity index (χ1) is 14.6. The van der Waals surface area contributed by atoms with Gasteiger partial charge in [-0.1, -0.05) is 37.3 Å². The van der Waals surface area contributed by atoms with Crippen LogP contribution in [0.5, 0.6) is 0 Å². The first-order valence-electron chi connectivity index (χ1n) is 10.4. The number of carbonyl (C=O) groups is 1. The van der Waals surface area contributed by atoms with Crippen LogP contribution in [0.2, 0.25) is 0 Å². The van der Waals surface area contributed by atoms with Crippen molar-refractivity contribution in [3.05, 3.63) is 83.4 Å². The molecule has 3 aromatic rings. The third-order valence-corrected chi connectivity index (χ3v) is 5.92. The van der Waals surface area contributed by atoms with Gasteiger partial charge in [0.15, 0.2) is 0 Å². The molecule has 1 aliphatic heterocycles. The summed E-state index contributed by atoms with van der Waals surface area (Å²) in [6, 6.07) is 15.8. The molecule has 1 atom stereocenters. The first kappa shape index (κ1) is 20.3. The Labute approximate surface area is 175 Å².